The predicted octanol–water partition coefficient (Wildman–Crippen LogP) is 2.29. The quantitative estimate of drug-likeness (QED) is 0.889. The van der Waals surface area contributed by atoms with Crippen molar-refractivity contribution >= 4 is 22.4 Å². The van der Waals surface area contributed by atoms with Crippen LogP contribution in [0.5, 0.6) is 11.5 Å². The Labute approximate surface area is 152 Å². The first-order valence-electron chi connectivity index (χ1n) is 9.38. The minimum atomic E-state index is -0.144. The van der Waals surface area contributed by atoms with Crippen molar-refractivity contribution in [3.63, 3.8) is 0 Å². The summed E-state index contributed by atoms with van der Waals surface area (Å²) < 4.78 is 11.5. The molecule has 1 amide bonds. The highest BCUT2D eigenvalue weighted by Crippen LogP contribution is 2.49. The second-order valence-corrected chi connectivity index (χ2v) is 7.13. The number of aromatic nitrogens is 1. The fourth-order valence-corrected chi connectivity index (χ4v) is 4.52. The van der Waals surface area contributed by atoms with Crippen LogP contribution < -0.4 is 14.8 Å². The Kier molecular flexibility index (Phi) is 3.50. The number of rotatable bonds is 3. The van der Waals surface area contributed by atoms with Crippen molar-refractivity contribution in [3.05, 3.63) is 29.5 Å². The summed E-state index contributed by atoms with van der Waals surface area (Å²) in [4.78, 5) is 18.2. The summed E-state index contributed by atoms with van der Waals surface area (Å²) in [6, 6.07) is 2.22. The summed E-state index contributed by atoms with van der Waals surface area (Å²) in [6.45, 7) is 6.46. The average Bonchev–Trinajstić information content (AvgIpc) is 3.29. The molecular formula is C20H23N3O3. The zero-order chi connectivity index (χ0) is 17.8. The van der Waals surface area contributed by atoms with Crippen LogP contribution in [-0.2, 0) is 11.2 Å². The van der Waals surface area contributed by atoms with E-state index in [2.05, 4.69) is 22.6 Å². The molecule has 0 spiro atoms. The Bertz CT molecular complexity index is 926. The standard InChI is InChI=1S/C20H23N3O3/c1-3-23(4-2)20(24)12-5-13-14(21-9-12)6-11-8-22-15-7-16-19(26-10-25-16)18(13)17(11)15/h5,7-8,12,14,21-22H,3-4,6,9-10H2,1-2H3. The van der Waals surface area contributed by atoms with Gasteiger partial charge in [-0.2, -0.15) is 0 Å². The SMILES string of the molecule is CCN(CC)C(=O)C1C=C2c3c4c(cc5[nH]cc(c35)CC2NC1)OCO4. The molecule has 1 aromatic carbocycles. The van der Waals surface area contributed by atoms with Crippen LogP contribution in [0.2, 0.25) is 0 Å². The molecule has 1 aliphatic carbocycles. The van der Waals surface area contributed by atoms with Crippen molar-refractivity contribution in [2.24, 2.45) is 5.92 Å². The van der Waals surface area contributed by atoms with Crippen LogP contribution in [0.25, 0.3) is 16.5 Å². The van der Waals surface area contributed by atoms with Gasteiger partial charge in [-0.25, -0.2) is 0 Å². The summed E-state index contributed by atoms with van der Waals surface area (Å²) >= 11 is 0. The van der Waals surface area contributed by atoms with Crippen molar-refractivity contribution in [1.29, 1.82) is 0 Å². The largest absolute Gasteiger partial charge is 0.453 e. The lowest BCUT2D eigenvalue weighted by molar-refractivity contribution is -0.133. The van der Waals surface area contributed by atoms with Crippen LogP contribution in [0.15, 0.2) is 18.3 Å². The highest BCUT2D eigenvalue weighted by molar-refractivity contribution is 6.03. The molecule has 2 unspecified atom stereocenters. The number of nitrogens with zero attached hydrogens (tertiary/aromatic N) is 1. The van der Waals surface area contributed by atoms with E-state index in [1.165, 1.54) is 16.5 Å². The number of hydrogen-bond acceptors (Lipinski definition) is 4. The molecular weight excluding hydrogens is 330 g/mol. The Hall–Kier alpha value is -2.47. The van der Waals surface area contributed by atoms with Crippen molar-refractivity contribution in [2.75, 3.05) is 26.4 Å². The van der Waals surface area contributed by atoms with Crippen molar-refractivity contribution in [3.8, 4) is 11.5 Å². The smallest absolute Gasteiger partial charge is 0.231 e. The topological polar surface area (TPSA) is 66.6 Å². The summed E-state index contributed by atoms with van der Waals surface area (Å²) in [5.74, 6) is 1.64. The zero-order valence-corrected chi connectivity index (χ0v) is 15.1. The molecule has 2 aliphatic heterocycles. The first-order chi connectivity index (χ1) is 12.7. The summed E-state index contributed by atoms with van der Waals surface area (Å²) in [6.07, 6.45) is 5.16. The highest BCUT2D eigenvalue weighted by atomic mass is 16.7. The average molecular weight is 353 g/mol. The number of carbonyl (C=O) groups is 1. The Morgan fingerprint density at radius 2 is 2.15 bits per heavy atom. The molecule has 26 heavy (non-hydrogen) atoms. The molecule has 6 heteroatoms. The van der Waals surface area contributed by atoms with Gasteiger partial charge in [0.05, 0.1) is 11.4 Å². The second-order valence-electron chi connectivity index (χ2n) is 7.13. The van der Waals surface area contributed by atoms with Gasteiger partial charge in [0.15, 0.2) is 11.5 Å². The molecule has 0 radical (unpaired) electrons. The van der Waals surface area contributed by atoms with E-state index in [9.17, 15) is 4.79 Å². The number of fused-ring (bicyclic) bond motifs is 4. The fourth-order valence-electron chi connectivity index (χ4n) is 4.52. The van der Waals surface area contributed by atoms with Gasteiger partial charge in [0.25, 0.3) is 0 Å². The molecule has 136 valence electrons. The van der Waals surface area contributed by atoms with Crippen LogP contribution in [-0.4, -0.2) is 48.3 Å². The van der Waals surface area contributed by atoms with E-state index in [1.807, 2.05) is 24.8 Å². The molecule has 5 rings (SSSR count). The van der Waals surface area contributed by atoms with E-state index >= 15 is 0 Å². The van der Waals surface area contributed by atoms with Crippen LogP contribution in [0.1, 0.15) is 25.0 Å². The third-order valence-electron chi connectivity index (χ3n) is 5.83. The molecule has 0 saturated carbocycles. The maximum Gasteiger partial charge on any atom is 0.231 e. The Balaban J connectivity index is 1.66. The van der Waals surface area contributed by atoms with Gasteiger partial charge in [-0.3, -0.25) is 4.79 Å². The first kappa shape index (κ1) is 15.8. The van der Waals surface area contributed by atoms with E-state index < -0.39 is 0 Å². The number of aromatic amines is 1. The number of amides is 1. The van der Waals surface area contributed by atoms with Gasteiger partial charge in [-0.1, -0.05) is 6.08 Å². The van der Waals surface area contributed by atoms with E-state index in [1.54, 1.807) is 0 Å². The van der Waals surface area contributed by atoms with Gasteiger partial charge in [0.1, 0.15) is 0 Å². The fraction of sp³-hybridized carbons (Fsp3) is 0.450. The van der Waals surface area contributed by atoms with Crippen LogP contribution in [0.4, 0.5) is 0 Å². The molecule has 0 fully saturated rings. The predicted molar refractivity (Wildman–Crippen MR) is 99.3 cm³/mol. The van der Waals surface area contributed by atoms with Crippen LogP contribution in [0.3, 0.4) is 0 Å². The van der Waals surface area contributed by atoms with E-state index in [-0.39, 0.29) is 24.7 Å². The van der Waals surface area contributed by atoms with Gasteiger partial charge in [-0.15, -0.1) is 0 Å². The lowest BCUT2D eigenvalue weighted by Gasteiger charge is -2.35. The van der Waals surface area contributed by atoms with E-state index in [4.69, 9.17) is 9.47 Å². The maximum absolute atomic E-state index is 12.9. The molecule has 6 nitrogen and oxygen atoms in total. The summed E-state index contributed by atoms with van der Waals surface area (Å²) in [5.41, 5.74) is 4.61. The van der Waals surface area contributed by atoms with E-state index in [0.29, 0.717) is 6.54 Å². The number of nitrogens with one attached hydrogen (secondary N) is 2. The normalized spacial score (nSPS) is 22.9. The molecule has 0 bridgehead atoms. The zero-order valence-electron chi connectivity index (χ0n) is 15.1. The second kappa shape index (κ2) is 5.77. The molecule has 3 aliphatic rings. The maximum atomic E-state index is 12.9. The lowest BCUT2D eigenvalue weighted by Crippen LogP contribution is -2.46. The Morgan fingerprint density at radius 1 is 1.31 bits per heavy atom. The number of carbonyl (C=O) groups excluding carboxylic acids is 1. The molecule has 1 aromatic heterocycles. The van der Waals surface area contributed by atoms with Gasteiger partial charge in [0.2, 0.25) is 12.7 Å². The molecule has 2 N–H and O–H groups in total. The summed E-state index contributed by atoms with van der Waals surface area (Å²) in [7, 11) is 0. The van der Waals surface area contributed by atoms with Crippen LogP contribution in [0, 0.1) is 5.92 Å². The first-order valence-corrected chi connectivity index (χ1v) is 9.38. The summed E-state index contributed by atoms with van der Waals surface area (Å²) in [5, 5.41) is 4.80. The number of benzene rings is 1. The van der Waals surface area contributed by atoms with Crippen molar-refractivity contribution in [2.45, 2.75) is 26.3 Å². The Morgan fingerprint density at radius 3 is 2.96 bits per heavy atom. The van der Waals surface area contributed by atoms with Crippen molar-refractivity contribution < 1.29 is 14.3 Å². The number of H-pyrrole nitrogens is 1. The highest BCUT2D eigenvalue weighted by Gasteiger charge is 2.37. The van der Waals surface area contributed by atoms with Gasteiger partial charge < -0.3 is 24.7 Å². The number of ether oxygens (including phenoxy) is 2. The molecule has 2 aromatic rings. The number of hydrogen-bond donors (Lipinski definition) is 2. The molecule has 2 atom stereocenters. The van der Waals surface area contributed by atoms with E-state index in [0.717, 1.165) is 42.1 Å². The minimum absolute atomic E-state index is 0.144. The molecule has 0 saturated heterocycles. The third kappa shape index (κ3) is 2.11. The van der Waals surface area contributed by atoms with Gasteiger partial charge in [0, 0.05) is 48.9 Å². The monoisotopic (exact) mass is 353 g/mol. The third-order valence-corrected chi connectivity index (χ3v) is 5.83. The minimum Gasteiger partial charge on any atom is -0.453 e. The van der Waals surface area contributed by atoms with Gasteiger partial charge in [-0.05, 0) is 31.4 Å². The van der Waals surface area contributed by atoms with Crippen molar-refractivity contribution in [1.82, 2.24) is 15.2 Å². The lowest BCUT2D eigenvalue weighted by atomic mass is 9.80. The van der Waals surface area contributed by atoms with Crippen LogP contribution >= 0.6 is 0 Å². The molecule has 3 heterocycles. The van der Waals surface area contributed by atoms with Gasteiger partial charge >= 0.3 is 0 Å².